The van der Waals surface area contributed by atoms with Crippen LogP contribution in [0.4, 0.5) is 0 Å². The summed E-state index contributed by atoms with van der Waals surface area (Å²) in [4.78, 5) is 0. The summed E-state index contributed by atoms with van der Waals surface area (Å²) in [6.07, 6.45) is 4.08. The Morgan fingerprint density at radius 3 is 2.43 bits per heavy atom. The minimum Gasteiger partial charge on any atom is -0.492 e. The molecule has 0 aliphatic heterocycles. The van der Waals surface area contributed by atoms with Crippen LogP contribution in [-0.2, 0) is 12.8 Å². The van der Waals surface area contributed by atoms with E-state index in [0.29, 0.717) is 5.92 Å². The highest BCUT2D eigenvalue weighted by molar-refractivity contribution is 5.41. The maximum Gasteiger partial charge on any atom is 0.234 e. The van der Waals surface area contributed by atoms with E-state index in [4.69, 9.17) is 0 Å². The molecule has 0 saturated heterocycles. The normalized spacial score (nSPS) is 11.3. The lowest BCUT2D eigenvalue weighted by molar-refractivity contribution is 0.438. The van der Waals surface area contributed by atoms with Crippen molar-refractivity contribution in [1.29, 1.82) is 0 Å². The van der Waals surface area contributed by atoms with Crippen LogP contribution < -0.4 is 0 Å². The van der Waals surface area contributed by atoms with Crippen molar-refractivity contribution in [3.05, 3.63) is 41.1 Å². The fourth-order valence-corrected chi connectivity index (χ4v) is 2.59. The summed E-state index contributed by atoms with van der Waals surface area (Å²) in [5.74, 6) is 0.697. The van der Waals surface area contributed by atoms with Gasteiger partial charge in [-0.05, 0) is 44.2 Å². The summed E-state index contributed by atoms with van der Waals surface area (Å²) in [5.41, 5.74) is 4.43. The predicted molar refractivity (Wildman–Crippen MR) is 87.1 cm³/mol. The highest BCUT2D eigenvalue weighted by Gasteiger charge is 2.18. The standard InChI is InChI=1S/C18H26N2O/c1-5-6-7-17-16(12-13(2)3)18(21)19-20(17)15-10-8-14(4)9-11-15/h8-11,13H,5-7,12H2,1-4H3,(H,19,21). The van der Waals surface area contributed by atoms with Gasteiger partial charge >= 0.3 is 0 Å². The van der Waals surface area contributed by atoms with E-state index in [1.165, 1.54) is 5.56 Å². The first-order valence-electron chi connectivity index (χ1n) is 7.89. The Labute approximate surface area is 127 Å². The van der Waals surface area contributed by atoms with Crippen LogP contribution in [0.15, 0.2) is 24.3 Å². The second kappa shape index (κ2) is 6.79. The van der Waals surface area contributed by atoms with Gasteiger partial charge in [-0.25, -0.2) is 4.68 Å². The van der Waals surface area contributed by atoms with Crippen LogP contribution in [0.2, 0.25) is 0 Å². The quantitative estimate of drug-likeness (QED) is 0.853. The summed E-state index contributed by atoms with van der Waals surface area (Å²) in [5, 5.41) is 14.6. The lowest BCUT2D eigenvalue weighted by Gasteiger charge is -2.10. The van der Waals surface area contributed by atoms with E-state index in [0.717, 1.165) is 42.6 Å². The zero-order valence-electron chi connectivity index (χ0n) is 13.6. The topological polar surface area (TPSA) is 38.1 Å². The molecule has 114 valence electrons. The Morgan fingerprint density at radius 1 is 1.19 bits per heavy atom. The average molecular weight is 286 g/mol. The van der Waals surface area contributed by atoms with Gasteiger partial charge in [0.05, 0.1) is 11.4 Å². The number of aromatic nitrogens is 2. The van der Waals surface area contributed by atoms with Crippen molar-refractivity contribution >= 4 is 0 Å². The second-order valence-corrected chi connectivity index (χ2v) is 6.20. The summed E-state index contributed by atoms with van der Waals surface area (Å²) in [6, 6.07) is 8.30. The molecule has 0 aliphatic rings. The number of benzene rings is 1. The van der Waals surface area contributed by atoms with Crippen LogP contribution in [0.1, 0.15) is 50.4 Å². The summed E-state index contributed by atoms with van der Waals surface area (Å²) >= 11 is 0. The van der Waals surface area contributed by atoms with Crippen LogP contribution >= 0.6 is 0 Å². The number of hydrogen-bond acceptors (Lipinski definition) is 2. The van der Waals surface area contributed by atoms with Gasteiger partial charge in [0.1, 0.15) is 0 Å². The van der Waals surface area contributed by atoms with E-state index in [1.54, 1.807) is 0 Å². The molecule has 0 spiro atoms. The van der Waals surface area contributed by atoms with Gasteiger partial charge in [-0.1, -0.05) is 44.9 Å². The molecule has 0 amide bonds. The Balaban J connectivity index is 2.46. The SMILES string of the molecule is CCCCc1c(CC(C)C)c(O)nn1-c1ccc(C)cc1. The minimum atomic E-state index is 0.190. The van der Waals surface area contributed by atoms with E-state index in [1.807, 2.05) is 4.68 Å². The van der Waals surface area contributed by atoms with Crippen LogP contribution in [0.5, 0.6) is 5.88 Å². The molecular weight excluding hydrogens is 260 g/mol. The molecule has 0 aliphatic carbocycles. The fraction of sp³-hybridized carbons (Fsp3) is 0.500. The van der Waals surface area contributed by atoms with E-state index in [-0.39, 0.29) is 5.88 Å². The highest BCUT2D eigenvalue weighted by Crippen LogP contribution is 2.27. The molecule has 2 rings (SSSR count). The molecule has 1 N–H and O–H groups in total. The van der Waals surface area contributed by atoms with Crippen LogP contribution in [0.25, 0.3) is 5.69 Å². The number of nitrogens with zero attached hydrogens (tertiary/aromatic N) is 2. The molecule has 0 atom stereocenters. The van der Waals surface area contributed by atoms with Gasteiger partial charge in [-0.15, -0.1) is 5.10 Å². The van der Waals surface area contributed by atoms with Gasteiger partial charge in [0.15, 0.2) is 0 Å². The van der Waals surface area contributed by atoms with Crippen molar-refractivity contribution in [2.24, 2.45) is 5.92 Å². The third-order valence-corrected chi connectivity index (χ3v) is 3.73. The third-order valence-electron chi connectivity index (χ3n) is 3.73. The van der Waals surface area contributed by atoms with Crippen molar-refractivity contribution < 1.29 is 5.11 Å². The Morgan fingerprint density at radius 2 is 1.86 bits per heavy atom. The van der Waals surface area contributed by atoms with Gasteiger partial charge in [-0.3, -0.25) is 0 Å². The molecule has 1 heterocycles. The zero-order chi connectivity index (χ0) is 15.4. The largest absolute Gasteiger partial charge is 0.492 e. The van der Waals surface area contributed by atoms with Crippen LogP contribution in [-0.4, -0.2) is 14.9 Å². The summed E-state index contributed by atoms with van der Waals surface area (Å²) in [7, 11) is 0. The maximum absolute atomic E-state index is 10.2. The number of unbranched alkanes of at least 4 members (excludes halogenated alkanes) is 1. The van der Waals surface area contributed by atoms with Crippen LogP contribution in [0.3, 0.4) is 0 Å². The number of aryl methyl sites for hydroxylation is 1. The monoisotopic (exact) mass is 286 g/mol. The van der Waals surface area contributed by atoms with E-state index >= 15 is 0 Å². The fourth-order valence-electron chi connectivity index (χ4n) is 2.59. The second-order valence-electron chi connectivity index (χ2n) is 6.20. The van der Waals surface area contributed by atoms with Gasteiger partial charge in [0.2, 0.25) is 5.88 Å². The van der Waals surface area contributed by atoms with E-state index in [2.05, 4.69) is 57.1 Å². The number of aromatic hydroxyl groups is 1. The van der Waals surface area contributed by atoms with Crippen molar-refractivity contribution in [2.45, 2.75) is 53.4 Å². The first-order valence-corrected chi connectivity index (χ1v) is 7.89. The molecule has 2 aromatic rings. The predicted octanol–water partition coefficient (Wildman–Crippen LogP) is 4.43. The Bertz CT molecular complexity index is 582. The van der Waals surface area contributed by atoms with Crippen LogP contribution in [0, 0.1) is 12.8 Å². The van der Waals surface area contributed by atoms with Gasteiger partial charge < -0.3 is 5.11 Å². The molecule has 1 aromatic heterocycles. The van der Waals surface area contributed by atoms with Gasteiger partial charge in [0.25, 0.3) is 0 Å². The smallest absolute Gasteiger partial charge is 0.234 e. The zero-order valence-corrected chi connectivity index (χ0v) is 13.6. The number of hydrogen-bond donors (Lipinski definition) is 1. The molecule has 0 bridgehead atoms. The summed E-state index contributed by atoms with van der Waals surface area (Å²) in [6.45, 7) is 8.61. The Kier molecular flexibility index (Phi) is 5.05. The highest BCUT2D eigenvalue weighted by atomic mass is 16.3. The minimum absolute atomic E-state index is 0.190. The van der Waals surface area contributed by atoms with E-state index < -0.39 is 0 Å². The molecule has 0 unspecified atom stereocenters. The van der Waals surface area contributed by atoms with Crippen molar-refractivity contribution in [1.82, 2.24) is 9.78 Å². The molecule has 3 heteroatoms. The molecule has 0 radical (unpaired) electrons. The molecular formula is C18H26N2O. The molecule has 3 nitrogen and oxygen atoms in total. The molecule has 21 heavy (non-hydrogen) atoms. The van der Waals surface area contributed by atoms with Crippen molar-refractivity contribution in [2.75, 3.05) is 0 Å². The molecule has 0 saturated carbocycles. The van der Waals surface area contributed by atoms with Gasteiger partial charge in [0, 0.05) is 5.56 Å². The first-order chi connectivity index (χ1) is 10.0. The van der Waals surface area contributed by atoms with Gasteiger partial charge in [-0.2, -0.15) is 0 Å². The summed E-state index contributed by atoms with van der Waals surface area (Å²) < 4.78 is 1.92. The lowest BCUT2D eigenvalue weighted by Crippen LogP contribution is -2.05. The lowest BCUT2D eigenvalue weighted by atomic mass is 10.0. The van der Waals surface area contributed by atoms with E-state index in [9.17, 15) is 5.11 Å². The first kappa shape index (κ1) is 15.6. The van der Waals surface area contributed by atoms with Crippen molar-refractivity contribution in [3.63, 3.8) is 0 Å². The van der Waals surface area contributed by atoms with Crippen molar-refractivity contribution in [3.8, 4) is 11.6 Å². The number of rotatable bonds is 6. The molecule has 0 fully saturated rings. The average Bonchev–Trinajstić information content (AvgIpc) is 2.74. The third kappa shape index (κ3) is 3.66. The Hall–Kier alpha value is -1.77. The molecule has 1 aromatic carbocycles. The maximum atomic E-state index is 10.2.